The van der Waals surface area contributed by atoms with Gasteiger partial charge in [-0.2, -0.15) is 0 Å². The summed E-state index contributed by atoms with van der Waals surface area (Å²) in [6.45, 7) is 7.70. The second kappa shape index (κ2) is 6.30. The van der Waals surface area contributed by atoms with Gasteiger partial charge in [-0.15, -0.1) is 0 Å². The fourth-order valence-corrected chi connectivity index (χ4v) is 1.95. The van der Waals surface area contributed by atoms with Crippen molar-refractivity contribution in [3.8, 4) is 0 Å². The molecule has 1 heterocycles. The molecular formula is C13H20ClN3O2. The molecule has 1 aromatic rings. The first-order chi connectivity index (χ1) is 8.73. The molecular weight excluding hydrogens is 266 g/mol. The Morgan fingerprint density at radius 3 is 2.68 bits per heavy atom. The molecule has 0 aromatic carbocycles. The lowest BCUT2D eigenvalue weighted by Gasteiger charge is -2.25. The number of carbonyl (C=O) groups excluding carboxylic acids is 1. The molecule has 0 saturated heterocycles. The van der Waals surface area contributed by atoms with Crippen molar-refractivity contribution < 1.29 is 9.90 Å². The minimum Gasteiger partial charge on any atom is -0.394 e. The van der Waals surface area contributed by atoms with Gasteiger partial charge in [-0.3, -0.25) is 4.79 Å². The largest absolute Gasteiger partial charge is 0.394 e. The van der Waals surface area contributed by atoms with Crippen molar-refractivity contribution in [3.05, 3.63) is 22.7 Å². The topological polar surface area (TPSA) is 75.1 Å². The van der Waals surface area contributed by atoms with Gasteiger partial charge in [0.05, 0.1) is 23.9 Å². The Morgan fingerprint density at radius 1 is 1.53 bits per heavy atom. The summed E-state index contributed by atoms with van der Waals surface area (Å²) in [5.41, 5.74) is 0.146. The number of hydrogen-bond donors (Lipinski definition) is 2. The molecule has 1 aromatic heterocycles. The van der Waals surface area contributed by atoms with Crippen LogP contribution in [0.4, 0.5) is 0 Å². The summed E-state index contributed by atoms with van der Waals surface area (Å²) in [7, 11) is 0. The molecule has 0 aliphatic carbocycles. The maximum absolute atomic E-state index is 12.1. The maximum atomic E-state index is 12.1. The molecule has 106 valence electrons. The first kappa shape index (κ1) is 15.9. The number of carbonyl (C=O) groups is 1. The number of nitrogens with one attached hydrogen (secondary N) is 1. The summed E-state index contributed by atoms with van der Waals surface area (Å²) in [5, 5.41) is 12.3. The summed E-state index contributed by atoms with van der Waals surface area (Å²) < 4.78 is 0. The predicted octanol–water partition coefficient (Wildman–Crippen LogP) is 1.97. The molecule has 0 fully saturated rings. The van der Waals surface area contributed by atoms with E-state index in [4.69, 9.17) is 11.6 Å². The average molecular weight is 286 g/mol. The van der Waals surface area contributed by atoms with Crippen molar-refractivity contribution in [1.29, 1.82) is 0 Å². The van der Waals surface area contributed by atoms with Crippen LogP contribution in [0.5, 0.6) is 0 Å². The van der Waals surface area contributed by atoms with Crippen LogP contribution in [0.3, 0.4) is 0 Å². The van der Waals surface area contributed by atoms with Gasteiger partial charge in [0, 0.05) is 0 Å². The third-order valence-corrected chi connectivity index (χ3v) is 2.77. The lowest BCUT2D eigenvalue weighted by Crippen LogP contribution is -2.40. The number of aliphatic hydroxyl groups excluding tert-OH is 1. The fourth-order valence-electron chi connectivity index (χ4n) is 1.77. The molecule has 1 atom stereocenters. The molecule has 1 amide bonds. The Bertz CT molecular complexity index is 458. The van der Waals surface area contributed by atoms with Crippen LogP contribution in [0.25, 0.3) is 0 Å². The number of halogens is 1. The van der Waals surface area contributed by atoms with Crippen LogP contribution < -0.4 is 5.32 Å². The van der Waals surface area contributed by atoms with Crippen molar-refractivity contribution in [2.45, 2.75) is 40.2 Å². The van der Waals surface area contributed by atoms with Gasteiger partial charge in [-0.05, 0) is 18.8 Å². The van der Waals surface area contributed by atoms with Gasteiger partial charge >= 0.3 is 0 Å². The lowest BCUT2D eigenvalue weighted by atomic mass is 9.88. The van der Waals surface area contributed by atoms with Gasteiger partial charge < -0.3 is 10.4 Å². The summed E-state index contributed by atoms with van der Waals surface area (Å²) in [6, 6.07) is -0.321. The van der Waals surface area contributed by atoms with Crippen molar-refractivity contribution in [3.63, 3.8) is 0 Å². The monoisotopic (exact) mass is 285 g/mol. The van der Waals surface area contributed by atoms with Crippen molar-refractivity contribution in [2.24, 2.45) is 5.41 Å². The maximum Gasteiger partial charge on any atom is 0.271 e. The van der Waals surface area contributed by atoms with Crippen molar-refractivity contribution in [2.75, 3.05) is 6.61 Å². The Labute approximate surface area is 118 Å². The highest BCUT2D eigenvalue weighted by atomic mass is 35.5. The van der Waals surface area contributed by atoms with Gasteiger partial charge in [0.2, 0.25) is 0 Å². The van der Waals surface area contributed by atoms with E-state index in [-0.39, 0.29) is 34.7 Å². The van der Waals surface area contributed by atoms with E-state index in [1.54, 1.807) is 6.92 Å². The van der Waals surface area contributed by atoms with Crippen LogP contribution in [-0.2, 0) is 0 Å². The molecule has 0 bridgehead atoms. The smallest absolute Gasteiger partial charge is 0.271 e. The van der Waals surface area contributed by atoms with Crippen LogP contribution in [0.2, 0.25) is 5.02 Å². The van der Waals surface area contributed by atoms with Gasteiger partial charge in [-0.25, -0.2) is 9.97 Å². The van der Waals surface area contributed by atoms with E-state index in [0.717, 1.165) is 0 Å². The van der Waals surface area contributed by atoms with Crippen LogP contribution in [0, 0.1) is 12.3 Å². The van der Waals surface area contributed by atoms with Crippen molar-refractivity contribution in [1.82, 2.24) is 15.3 Å². The van der Waals surface area contributed by atoms with Crippen LogP contribution in [0.15, 0.2) is 6.20 Å². The number of hydrogen-bond acceptors (Lipinski definition) is 4. The van der Waals surface area contributed by atoms with Gasteiger partial charge in [0.1, 0.15) is 11.5 Å². The third kappa shape index (κ3) is 5.12. The zero-order valence-corrected chi connectivity index (χ0v) is 12.5. The second-order valence-corrected chi connectivity index (χ2v) is 6.14. The Hall–Kier alpha value is -1.20. The molecule has 0 saturated carbocycles. The number of aliphatic hydroxyl groups is 1. The SMILES string of the molecule is Cc1ncc(Cl)c(C(=O)NC(CO)CC(C)(C)C)n1. The molecule has 2 N–H and O–H groups in total. The first-order valence-electron chi connectivity index (χ1n) is 6.14. The molecule has 0 radical (unpaired) electrons. The van der Waals surface area contributed by atoms with E-state index >= 15 is 0 Å². The first-order valence-corrected chi connectivity index (χ1v) is 6.51. The normalized spacial score (nSPS) is 13.2. The minimum absolute atomic E-state index is 0.00601. The number of nitrogens with zero attached hydrogens (tertiary/aromatic N) is 2. The van der Waals surface area contributed by atoms with E-state index in [1.165, 1.54) is 6.20 Å². The average Bonchev–Trinajstić information content (AvgIpc) is 2.29. The molecule has 1 unspecified atom stereocenters. The zero-order chi connectivity index (χ0) is 14.6. The molecule has 0 aliphatic heterocycles. The highest BCUT2D eigenvalue weighted by Gasteiger charge is 2.22. The van der Waals surface area contributed by atoms with Crippen LogP contribution in [0.1, 0.15) is 43.5 Å². The highest BCUT2D eigenvalue weighted by Crippen LogP contribution is 2.21. The van der Waals surface area contributed by atoms with Gasteiger partial charge in [-0.1, -0.05) is 32.4 Å². The molecule has 0 aliphatic rings. The van der Waals surface area contributed by atoms with E-state index in [9.17, 15) is 9.90 Å². The third-order valence-electron chi connectivity index (χ3n) is 2.49. The summed E-state index contributed by atoms with van der Waals surface area (Å²) in [5.74, 6) is 0.0877. The Kier molecular flexibility index (Phi) is 5.26. The lowest BCUT2D eigenvalue weighted by molar-refractivity contribution is 0.0892. The summed E-state index contributed by atoms with van der Waals surface area (Å²) >= 11 is 5.90. The van der Waals surface area contributed by atoms with E-state index in [0.29, 0.717) is 12.2 Å². The zero-order valence-electron chi connectivity index (χ0n) is 11.7. The van der Waals surface area contributed by atoms with E-state index < -0.39 is 0 Å². The Balaban J connectivity index is 2.80. The van der Waals surface area contributed by atoms with Crippen molar-refractivity contribution >= 4 is 17.5 Å². The number of amides is 1. The molecule has 19 heavy (non-hydrogen) atoms. The minimum atomic E-state index is -0.390. The number of aromatic nitrogens is 2. The predicted molar refractivity (Wildman–Crippen MR) is 74.2 cm³/mol. The quantitative estimate of drug-likeness (QED) is 0.887. The fraction of sp³-hybridized carbons (Fsp3) is 0.615. The number of aryl methyl sites for hydroxylation is 1. The van der Waals surface area contributed by atoms with Gasteiger partial charge in [0.15, 0.2) is 0 Å². The molecule has 1 rings (SSSR count). The Morgan fingerprint density at radius 2 is 2.16 bits per heavy atom. The van der Waals surface area contributed by atoms with Gasteiger partial charge in [0.25, 0.3) is 5.91 Å². The molecule has 6 heteroatoms. The van der Waals surface area contributed by atoms with Crippen LogP contribution in [-0.4, -0.2) is 33.6 Å². The summed E-state index contributed by atoms with van der Waals surface area (Å²) in [6.07, 6.45) is 2.06. The summed E-state index contributed by atoms with van der Waals surface area (Å²) in [4.78, 5) is 20.0. The second-order valence-electron chi connectivity index (χ2n) is 5.73. The van der Waals surface area contributed by atoms with Crippen LogP contribution >= 0.6 is 11.6 Å². The number of rotatable bonds is 4. The van der Waals surface area contributed by atoms with E-state index in [1.807, 2.05) is 20.8 Å². The van der Waals surface area contributed by atoms with E-state index in [2.05, 4.69) is 15.3 Å². The standard InChI is InChI=1S/C13H20ClN3O2/c1-8-15-6-10(14)11(16-8)12(19)17-9(7-18)5-13(2,3)4/h6,9,18H,5,7H2,1-4H3,(H,17,19). The molecule has 5 nitrogen and oxygen atoms in total. The molecule has 0 spiro atoms. The highest BCUT2D eigenvalue weighted by molar-refractivity contribution is 6.33.